The Bertz CT molecular complexity index is 637. The summed E-state index contributed by atoms with van der Waals surface area (Å²) in [5.41, 5.74) is 7.05. The molecule has 1 aromatic heterocycles. The van der Waals surface area contributed by atoms with Crippen LogP contribution in [0.2, 0.25) is 0 Å². The molecule has 6 heteroatoms. The first-order valence-corrected chi connectivity index (χ1v) is 6.66. The van der Waals surface area contributed by atoms with Crippen LogP contribution < -0.4 is 10.6 Å². The number of hydrogen-bond donors (Lipinski definition) is 1. The summed E-state index contributed by atoms with van der Waals surface area (Å²) in [5.74, 6) is 0.595. The van der Waals surface area contributed by atoms with Gasteiger partial charge in [-0.3, -0.25) is 0 Å². The third-order valence-electron chi connectivity index (χ3n) is 3.39. The zero-order valence-electron chi connectivity index (χ0n) is 11.3. The van der Waals surface area contributed by atoms with Gasteiger partial charge in [-0.2, -0.15) is 15.0 Å². The van der Waals surface area contributed by atoms with Crippen molar-refractivity contribution in [3.8, 4) is 11.4 Å². The lowest BCUT2D eigenvalue weighted by Crippen LogP contribution is -2.21. The van der Waals surface area contributed by atoms with Crippen LogP contribution in [0.25, 0.3) is 11.4 Å². The minimum atomic E-state index is -0.353. The SMILES string of the molecule is Cc1ccc(F)c(-c2nc(N)nc(N3CCCC3)n2)c1. The molecule has 0 amide bonds. The van der Waals surface area contributed by atoms with Gasteiger partial charge in [-0.25, -0.2) is 4.39 Å². The Morgan fingerprint density at radius 1 is 1.15 bits per heavy atom. The number of nitrogens with two attached hydrogens (primary N) is 1. The maximum absolute atomic E-state index is 13.9. The monoisotopic (exact) mass is 273 g/mol. The molecule has 1 saturated heterocycles. The van der Waals surface area contributed by atoms with E-state index in [-0.39, 0.29) is 11.8 Å². The fraction of sp³-hybridized carbons (Fsp3) is 0.357. The molecule has 0 bridgehead atoms. The number of halogens is 1. The standard InChI is InChI=1S/C14H16FN5/c1-9-4-5-11(15)10(8-9)12-17-13(16)19-14(18-12)20-6-2-3-7-20/h4-5,8H,2-3,6-7H2,1H3,(H2,16,17,18,19). The third-order valence-corrected chi connectivity index (χ3v) is 3.39. The van der Waals surface area contributed by atoms with Crippen LogP contribution >= 0.6 is 0 Å². The average Bonchev–Trinajstić information content (AvgIpc) is 2.95. The van der Waals surface area contributed by atoms with Crippen LogP contribution in [0.5, 0.6) is 0 Å². The summed E-state index contributed by atoms with van der Waals surface area (Å²) in [6.07, 6.45) is 2.22. The fourth-order valence-electron chi connectivity index (χ4n) is 2.37. The second-order valence-electron chi connectivity index (χ2n) is 4.99. The van der Waals surface area contributed by atoms with E-state index in [1.54, 1.807) is 12.1 Å². The summed E-state index contributed by atoms with van der Waals surface area (Å²) in [7, 11) is 0. The number of aromatic nitrogens is 3. The molecule has 1 aliphatic rings. The van der Waals surface area contributed by atoms with E-state index < -0.39 is 0 Å². The average molecular weight is 273 g/mol. The smallest absolute Gasteiger partial charge is 0.230 e. The molecule has 2 heterocycles. The number of nitrogens with zero attached hydrogens (tertiary/aromatic N) is 4. The summed E-state index contributed by atoms with van der Waals surface area (Å²) < 4.78 is 13.9. The van der Waals surface area contributed by atoms with Gasteiger partial charge in [-0.15, -0.1) is 0 Å². The van der Waals surface area contributed by atoms with Gasteiger partial charge in [0.2, 0.25) is 11.9 Å². The Morgan fingerprint density at radius 3 is 2.65 bits per heavy atom. The first kappa shape index (κ1) is 12.8. The van der Waals surface area contributed by atoms with Gasteiger partial charge in [0.25, 0.3) is 0 Å². The van der Waals surface area contributed by atoms with Gasteiger partial charge in [0.05, 0.1) is 5.56 Å². The van der Waals surface area contributed by atoms with Crippen LogP contribution in [0.1, 0.15) is 18.4 Å². The van der Waals surface area contributed by atoms with Crippen molar-refractivity contribution in [2.24, 2.45) is 0 Å². The third kappa shape index (κ3) is 2.41. The summed E-state index contributed by atoms with van der Waals surface area (Å²) >= 11 is 0. The van der Waals surface area contributed by atoms with Crippen LogP contribution in [0, 0.1) is 12.7 Å². The van der Waals surface area contributed by atoms with Crippen molar-refractivity contribution in [2.75, 3.05) is 23.7 Å². The minimum absolute atomic E-state index is 0.123. The first-order chi connectivity index (χ1) is 9.63. The number of anilines is 2. The Labute approximate surface area is 116 Å². The molecular weight excluding hydrogens is 257 g/mol. The molecule has 0 aliphatic carbocycles. The summed E-state index contributed by atoms with van der Waals surface area (Å²) in [6, 6.07) is 4.85. The van der Waals surface area contributed by atoms with Crippen molar-refractivity contribution in [3.63, 3.8) is 0 Å². The Balaban J connectivity index is 2.06. The van der Waals surface area contributed by atoms with E-state index in [2.05, 4.69) is 19.9 Å². The number of benzene rings is 1. The number of nitrogen functional groups attached to an aromatic ring is 1. The van der Waals surface area contributed by atoms with E-state index >= 15 is 0 Å². The highest BCUT2D eigenvalue weighted by Gasteiger charge is 2.18. The molecule has 20 heavy (non-hydrogen) atoms. The van der Waals surface area contributed by atoms with Crippen molar-refractivity contribution >= 4 is 11.9 Å². The van der Waals surface area contributed by atoms with E-state index in [4.69, 9.17) is 5.73 Å². The highest BCUT2D eigenvalue weighted by Crippen LogP contribution is 2.24. The van der Waals surface area contributed by atoms with E-state index in [1.165, 1.54) is 6.07 Å². The number of rotatable bonds is 2. The summed E-state index contributed by atoms with van der Waals surface area (Å²) in [4.78, 5) is 14.6. The minimum Gasteiger partial charge on any atom is -0.368 e. The van der Waals surface area contributed by atoms with Crippen molar-refractivity contribution in [2.45, 2.75) is 19.8 Å². The van der Waals surface area contributed by atoms with Crippen LogP contribution in [0.3, 0.4) is 0 Å². The van der Waals surface area contributed by atoms with Crippen LogP contribution in [-0.4, -0.2) is 28.0 Å². The molecule has 104 valence electrons. The van der Waals surface area contributed by atoms with Crippen LogP contribution in [-0.2, 0) is 0 Å². The molecular formula is C14H16FN5. The number of aryl methyl sites for hydroxylation is 1. The van der Waals surface area contributed by atoms with Gasteiger partial charge < -0.3 is 10.6 Å². The Kier molecular flexibility index (Phi) is 3.22. The second kappa shape index (κ2) is 5.03. The molecule has 1 fully saturated rings. The van der Waals surface area contributed by atoms with Crippen molar-refractivity contribution in [1.29, 1.82) is 0 Å². The Hall–Kier alpha value is -2.24. The maximum atomic E-state index is 13.9. The number of hydrogen-bond acceptors (Lipinski definition) is 5. The van der Waals surface area contributed by atoms with E-state index in [0.29, 0.717) is 17.3 Å². The molecule has 5 nitrogen and oxygen atoms in total. The zero-order valence-corrected chi connectivity index (χ0v) is 11.3. The Morgan fingerprint density at radius 2 is 1.90 bits per heavy atom. The van der Waals surface area contributed by atoms with Gasteiger partial charge in [0, 0.05) is 13.1 Å². The van der Waals surface area contributed by atoms with Gasteiger partial charge in [0.15, 0.2) is 5.82 Å². The predicted octanol–water partition coefficient (Wildman–Crippen LogP) is 2.17. The van der Waals surface area contributed by atoms with Gasteiger partial charge >= 0.3 is 0 Å². The predicted molar refractivity (Wildman–Crippen MR) is 75.8 cm³/mol. The molecule has 2 aromatic rings. The van der Waals surface area contributed by atoms with E-state index in [9.17, 15) is 4.39 Å². The van der Waals surface area contributed by atoms with E-state index in [0.717, 1.165) is 31.5 Å². The summed E-state index contributed by atoms with van der Waals surface area (Å²) in [6.45, 7) is 3.70. The summed E-state index contributed by atoms with van der Waals surface area (Å²) in [5, 5.41) is 0. The largest absolute Gasteiger partial charge is 0.368 e. The van der Waals surface area contributed by atoms with Crippen molar-refractivity contribution in [1.82, 2.24) is 15.0 Å². The lowest BCUT2D eigenvalue weighted by Gasteiger charge is -2.16. The molecule has 1 aliphatic heterocycles. The molecule has 3 rings (SSSR count). The molecule has 0 atom stereocenters. The molecule has 1 aromatic carbocycles. The van der Waals surface area contributed by atoms with Crippen molar-refractivity contribution in [3.05, 3.63) is 29.6 Å². The zero-order chi connectivity index (χ0) is 14.1. The second-order valence-corrected chi connectivity index (χ2v) is 4.99. The van der Waals surface area contributed by atoms with Gasteiger partial charge in [0.1, 0.15) is 5.82 Å². The molecule has 0 unspecified atom stereocenters. The van der Waals surface area contributed by atoms with Gasteiger partial charge in [-0.05, 0) is 31.9 Å². The molecule has 0 spiro atoms. The van der Waals surface area contributed by atoms with Crippen molar-refractivity contribution < 1.29 is 4.39 Å². The molecule has 0 radical (unpaired) electrons. The molecule has 0 saturated carbocycles. The van der Waals surface area contributed by atoms with Crippen LogP contribution in [0.4, 0.5) is 16.3 Å². The molecule has 2 N–H and O–H groups in total. The van der Waals surface area contributed by atoms with E-state index in [1.807, 2.05) is 6.92 Å². The van der Waals surface area contributed by atoms with Crippen LogP contribution in [0.15, 0.2) is 18.2 Å². The maximum Gasteiger partial charge on any atom is 0.230 e. The highest BCUT2D eigenvalue weighted by molar-refractivity contribution is 5.59. The quantitative estimate of drug-likeness (QED) is 0.908. The normalized spacial score (nSPS) is 14.8. The lowest BCUT2D eigenvalue weighted by atomic mass is 10.1. The fourth-order valence-corrected chi connectivity index (χ4v) is 2.37. The highest BCUT2D eigenvalue weighted by atomic mass is 19.1. The lowest BCUT2D eigenvalue weighted by molar-refractivity contribution is 0.629. The topological polar surface area (TPSA) is 67.9 Å². The van der Waals surface area contributed by atoms with Gasteiger partial charge in [-0.1, -0.05) is 11.6 Å². The first-order valence-electron chi connectivity index (χ1n) is 6.66.